The van der Waals surface area contributed by atoms with Crippen molar-refractivity contribution in [2.45, 2.75) is 12.3 Å². The van der Waals surface area contributed by atoms with Crippen molar-refractivity contribution in [3.05, 3.63) is 245 Å². The third-order valence-corrected chi connectivity index (χ3v) is 11.2. The molecule has 1 aliphatic heterocycles. The largest absolute Gasteiger partial charge is 0.310 e. The Kier molecular flexibility index (Phi) is 7.33. The second-order valence-electron chi connectivity index (χ2n) is 14.2. The minimum atomic E-state index is -0.225. The second-order valence-corrected chi connectivity index (χ2v) is 14.2. The normalized spacial score (nSPS) is 14.9. The van der Waals surface area contributed by atoms with Crippen LogP contribution in [0.4, 0.5) is 17.1 Å². The summed E-state index contributed by atoms with van der Waals surface area (Å²) in [7, 11) is 0. The number of hydrogen-bond donors (Lipinski definition) is 0. The van der Waals surface area contributed by atoms with Gasteiger partial charge in [-0.1, -0.05) is 176 Å². The number of para-hydroxylation sites is 1. The molecule has 0 fully saturated rings. The molecule has 2 aliphatic rings. The molecule has 1 heterocycles. The molecule has 0 saturated carbocycles. The topological polar surface area (TPSA) is 3.24 Å². The first-order valence-electron chi connectivity index (χ1n) is 18.4. The van der Waals surface area contributed by atoms with Crippen molar-refractivity contribution in [2.75, 3.05) is 4.90 Å². The van der Waals surface area contributed by atoms with Gasteiger partial charge in [0, 0.05) is 11.1 Å². The van der Waals surface area contributed by atoms with E-state index in [2.05, 4.69) is 218 Å². The highest BCUT2D eigenvalue weighted by Crippen LogP contribution is 2.62. The molecule has 8 aromatic rings. The highest BCUT2D eigenvalue weighted by atomic mass is 15.2. The Balaban J connectivity index is 1.15. The zero-order chi connectivity index (χ0) is 35.4. The number of benzene rings is 8. The van der Waals surface area contributed by atoms with Gasteiger partial charge < -0.3 is 4.90 Å². The standard InChI is InChI=1S/C52H37N/c1-52-45-30-12-11-28-43(45)44-29-17-33-48(51(44)52)53(47-32-14-13-31-46(47)52)42-27-16-25-40(35-42)39-24-15-26-41(34-39)50(38-22-9-4-10-23-38)49(36-18-5-2-6-19-36)37-20-7-3-8-21-37/h2-35H,1H3. The van der Waals surface area contributed by atoms with Crippen LogP contribution in [0.25, 0.3) is 33.4 Å². The lowest BCUT2D eigenvalue weighted by Crippen LogP contribution is -2.32. The van der Waals surface area contributed by atoms with E-state index >= 15 is 0 Å². The van der Waals surface area contributed by atoms with Crippen molar-refractivity contribution < 1.29 is 0 Å². The number of fused-ring (bicyclic) bond motifs is 5. The Hall–Kier alpha value is -6.70. The highest BCUT2D eigenvalue weighted by molar-refractivity contribution is 6.05. The summed E-state index contributed by atoms with van der Waals surface area (Å²) in [5.41, 5.74) is 19.7. The van der Waals surface area contributed by atoms with Crippen LogP contribution in [0.15, 0.2) is 206 Å². The zero-order valence-electron chi connectivity index (χ0n) is 29.6. The summed E-state index contributed by atoms with van der Waals surface area (Å²) in [6, 6.07) is 75.3. The molecule has 1 nitrogen and oxygen atoms in total. The fourth-order valence-electron chi connectivity index (χ4n) is 8.95. The van der Waals surface area contributed by atoms with Gasteiger partial charge in [0.25, 0.3) is 0 Å². The third-order valence-electron chi connectivity index (χ3n) is 11.2. The molecule has 1 aliphatic carbocycles. The molecule has 53 heavy (non-hydrogen) atoms. The summed E-state index contributed by atoms with van der Waals surface area (Å²) < 4.78 is 0. The molecule has 0 spiro atoms. The monoisotopic (exact) mass is 675 g/mol. The van der Waals surface area contributed by atoms with Crippen molar-refractivity contribution in [2.24, 2.45) is 0 Å². The Morgan fingerprint density at radius 1 is 0.377 bits per heavy atom. The maximum atomic E-state index is 2.48. The van der Waals surface area contributed by atoms with Gasteiger partial charge in [-0.25, -0.2) is 0 Å². The molecule has 1 atom stereocenters. The van der Waals surface area contributed by atoms with E-state index < -0.39 is 0 Å². The quantitative estimate of drug-likeness (QED) is 0.159. The maximum absolute atomic E-state index is 2.48. The summed E-state index contributed by atoms with van der Waals surface area (Å²) in [4.78, 5) is 2.48. The van der Waals surface area contributed by atoms with Gasteiger partial charge in [0.1, 0.15) is 0 Å². The summed E-state index contributed by atoms with van der Waals surface area (Å²) in [6.07, 6.45) is 0. The number of nitrogens with zero attached hydrogens (tertiary/aromatic N) is 1. The van der Waals surface area contributed by atoms with Gasteiger partial charge in [-0.05, 0) is 110 Å². The molecule has 0 saturated heterocycles. The van der Waals surface area contributed by atoms with Crippen LogP contribution in [0.3, 0.4) is 0 Å². The first kappa shape index (κ1) is 31.1. The fourth-order valence-corrected chi connectivity index (χ4v) is 8.95. The van der Waals surface area contributed by atoms with Crippen LogP contribution in [0.1, 0.15) is 45.9 Å². The van der Waals surface area contributed by atoms with Crippen LogP contribution in [0.5, 0.6) is 0 Å². The van der Waals surface area contributed by atoms with Crippen LogP contribution in [-0.2, 0) is 5.41 Å². The second kappa shape index (κ2) is 12.5. The van der Waals surface area contributed by atoms with E-state index in [1.807, 2.05) is 0 Å². The molecule has 10 rings (SSSR count). The van der Waals surface area contributed by atoms with Crippen LogP contribution in [0.2, 0.25) is 0 Å². The molecule has 0 aromatic heterocycles. The summed E-state index contributed by atoms with van der Waals surface area (Å²) in [5.74, 6) is 0. The SMILES string of the molecule is CC12c3ccccc3-c3cccc(c31)N(c1cccc(-c3cccc(C(=C(c4ccccc4)c4ccccc4)c4ccccc4)c3)c1)c1ccccc12. The lowest BCUT2D eigenvalue weighted by molar-refractivity contribution is 0.702. The van der Waals surface area contributed by atoms with Crippen molar-refractivity contribution in [3.63, 3.8) is 0 Å². The van der Waals surface area contributed by atoms with E-state index in [1.165, 1.54) is 83.7 Å². The number of anilines is 3. The van der Waals surface area contributed by atoms with E-state index in [0.717, 1.165) is 5.69 Å². The van der Waals surface area contributed by atoms with Crippen LogP contribution in [-0.4, -0.2) is 0 Å². The molecule has 0 bridgehead atoms. The van der Waals surface area contributed by atoms with Crippen LogP contribution < -0.4 is 4.90 Å². The lowest BCUT2D eigenvalue weighted by atomic mass is 9.70. The molecule has 0 N–H and O–H groups in total. The molecule has 250 valence electrons. The average molecular weight is 676 g/mol. The molecule has 1 unspecified atom stereocenters. The van der Waals surface area contributed by atoms with E-state index in [9.17, 15) is 0 Å². The Labute approximate surface area is 311 Å². The summed E-state index contributed by atoms with van der Waals surface area (Å²) >= 11 is 0. The number of rotatable bonds is 6. The number of hydrogen-bond acceptors (Lipinski definition) is 1. The predicted molar refractivity (Wildman–Crippen MR) is 222 cm³/mol. The Morgan fingerprint density at radius 2 is 0.849 bits per heavy atom. The fraction of sp³-hybridized carbons (Fsp3) is 0.0385. The molecular weight excluding hydrogens is 639 g/mol. The van der Waals surface area contributed by atoms with E-state index in [-0.39, 0.29) is 5.41 Å². The van der Waals surface area contributed by atoms with E-state index in [0.29, 0.717) is 0 Å². The highest BCUT2D eigenvalue weighted by Gasteiger charge is 2.47. The van der Waals surface area contributed by atoms with Crippen molar-refractivity contribution in [1.29, 1.82) is 0 Å². The van der Waals surface area contributed by atoms with Gasteiger partial charge in [0.05, 0.1) is 11.4 Å². The lowest BCUT2D eigenvalue weighted by Gasteiger charge is -2.42. The van der Waals surface area contributed by atoms with E-state index in [4.69, 9.17) is 0 Å². The minimum absolute atomic E-state index is 0.225. The summed E-state index contributed by atoms with van der Waals surface area (Å²) in [5, 5.41) is 0. The van der Waals surface area contributed by atoms with Gasteiger partial charge in [-0.3, -0.25) is 0 Å². The molecule has 1 heteroatoms. The van der Waals surface area contributed by atoms with Gasteiger partial charge in [-0.2, -0.15) is 0 Å². The van der Waals surface area contributed by atoms with Gasteiger partial charge in [-0.15, -0.1) is 0 Å². The third kappa shape index (κ3) is 4.93. The van der Waals surface area contributed by atoms with Crippen molar-refractivity contribution in [1.82, 2.24) is 0 Å². The van der Waals surface area contributed by atoms with Crippen LogP contribution >= 0.6 is 0 Å². The van der Waals surface area contributed by atoms with E-state index in [1.54, 1.807) is 0 Å². The summed E-state index contributed by atoms with van der Waals surface area (Å²) in [6.45, 7) is 2.41. The van der Waals surface area contributed by atoms with Gasteiger partial charge in [0.2, 0.25) is 0 Å². The predicted octanol–water partition coefficient (Wildman–Crippen LogP) is 13.5. The van der Waals surface area contributed by atoms with Gasteiger partial charge in [0.15, 0.2) is 0 Å². The first-order valence-corrected chi connectivity index (χ1v) is 18.4. The molecule has 0 radical (unpaired) electrons. The van der Waals surface area contributed by atoms with Crippen molar-refractivity contribution >= 4 is 28.2 Å². The molecule has 8 aromatic carbocycles. The maximum Gasteiger partial charge on any atom is 0.0512 e. The van der Waals surface area contributed by atoms with Gasteiger partial charge >= 0.3 is 0 Å². The van der Waals surface area contributed by atoms with Crippen molar-refractivity contribution in [3.8, 4) is 22.3 Å². The molecule has 0 amide bonds. The Bertz CT molecular complexity index is 2630. The average Bonchev–Trinajstić information content (AvgIpc) is 3.50. The smallest absolute Gasteiger partial charge is 0.0512 e. The zero-order valence-corrected chi connectivity index (χ0v) is 29.6. The minimum Gasteiger partial charge on any atom is -0.310 e. The molecular formula is C52H37N. The van der Waals surface area contributed by atoms with Crippen LogP contribution in [0, 0.1) is 0 Å². The Morgan fingerprint density at radius 3 is 1.53 bits per heavy atom. The first-order chi connectivity index (χ1) is 26.2.